The first-order chi connectivity index (χ1) is 25.8. The van der Waals surface area contributed by atoms with Gasteiger partial charge in [0.2, 0.25) is 5.91 Å². The molecule has 1 saturated carbocycles. The second-order valence-corrected chi connectivity index (χ2v) is 16.4. The molecule has 9 N–H and O–H groups in total. The van der Waals surface area contributed by atoms with Gasteiger partial charge in [0.25, 0.3) is 0 Å². The van der Waals surface area contributed by atoms with E-state index in [-0.39, 0.29) is 12.8 Å². The summed E-state index contributed by atoms with van der Waals surface area (Å²) in [6, 6.07) is -1.15. The number of amides is 1. The van der Waals surface area contributed by atoms with E-state index in [1.165, 1.54) is 44.9 Å². The van der Waals surface area contributed by atoms with Gasteiger partial charge in [0.1, 0.15) is 36.6 Å². The van der Waals surface area contributed by atoms with Gasteiger partial charge in [-0.3, -0.25) is 13.8 Å². The summed E-state index contributed by atoms with van der Waals surface area (Å²) in [6.45, 7) is 3.69. The Morgan fingerprint density at radius 3 is 1.65 bits per heavy atom. The van der Waals surface area contributed by atoms with E-state index in [2.05, 4.69) is 43.5 Å². The average molecular weight is 794 g/mol. The van der Waals surface area contributed by atoms with Crippen LogP contribution in [0.3, 0.4) is 0 Å². The van der Waals surface area contributed by atoms with Crippen LogP contribution in [0.2, 0.25) is 0 Å². The number of allylic oxidation sites excluding steroid dienone is 4. The molecule has 318 valence electrons. The smallest absolute Gasteiger partial charge is 0.393 e. The van der Waals surface area contributed by atoms with Crippen molar-refractivity contribution in [3.05, 3.63) is 24.3 Å². The molecule has 0 aromatic carbocycles. The molecule has 1 amide bonds. The normalized spacial score (nSPS) is 24.9. The number of phosphoric ester groups is 1. The molecule has 13 nitrogen and oxygen atoms in total. The Balaban J connectivity index is 2.56. The van der Waals surface area contributed by atoms with Gasteiger partial charge in [-0.05, 0) is 44.9 Å². The minimum atomic E-state index is -5.11. The summed E-state index contributed by atoms with van der Waals surface area (Å²) in [7, 11) is -5.11. The highest BCUT2D eigenvalue weighted by Crippen LogP contribution is 2.47. The highest BCUT2D eigenvalue weighted by Gasteiger charge is 2.51. The molecule has 1 aliphatic carbocycles. The van der Waals surface area contributed by atoms with E-state index in [0.29, 0.717) is 12.8 Å². The number of aliphatic hydroxyl groups excluding tert-OH is 7. The Morgan fingerprint density at radius 1 is 0.648 bits per heavy atom. The molecule has 54 heavy (non-hydrogen) atoms. The Hall–Kier alpha value is -1.22. The minimum absolute atomic E-state index is 0.231. The molecule has 0 aliphatic heterocycles. The van der Waals surface area contributed by atoms with E-state index in [4.69, 9.17) is 9.05 Å². The highest BCUT2D eigenvalue weighted by molar-refractivity contribution is 7.47. The van der Waals surface area contributed by atoms with Crippen LogP contribution in [0.25, 0.3) is 0 Å². The zero-order valence-electron chi connectivity index (χ0n) is 33.1. The Morgan fingerprint density at radius 2 is 1.09 bits per heavy atom. The van der Waals surface area contributed by atoms with E-state index in [1.54, 1.807) is 0 Å². The van der Waals surface area contributed by atoms with Crippen molar-refractivity contribution in [3.8, 4) is 0 Å². The van der Waals surface area contributed by atoms with Crippen LogP contribution >= 0.6 is 7.82 Å². The van der Waals surface area contributed by atoms with Gasteiger partial charge in [0, 0.05) is 0 Å². The second kappa shape index (κ2) is 30.9. The zero-order chi connectivity index (χ0) is 40.2. The lowest BCUT2D eigenvalue weighted by Gasteiger charge is -2.41. The first-order valence-electron chi connectivity index (χ1n) is 20.9. The number of nitrogens with one attached hydrogen (secondary N) is 1. The number of carbonyl (C=O) groups is 1. The molecular weight excluding hydrogens is 717 g/mol. The number of unbranched alkanes of at least 4 members (excludes halogenated alkanes) is 16. The summed E-state index contributed by atoms with van der Waals surface area (Å²) in [6.07, 6.45) is 16.8. The number of carbonyl (C=O) groups excluding carboxylic acids is 1. The third-order valence-electron chi connectivity index (χ3n) is 10.1. The van der Waals surface area contributed by atoms with Gasteiger partial charge < -0.3 is 46.0 Å². The average Bonchev–Trinajstić information content (AvgIpc) is 3.14. The molecule has 0 heterocycles. The van der Waals surface area contributed by atoms with Gasteiger partial charge in [-0.25, -0.2) is 4.57 Å². The molecule has 1 aliphatic rings. The molecule has 0 spiro atoms. The van der Waals surface area contributed by atoms with E-state index in [0.717, 1.165) is 77.0 Å². The minimum Gasteiger partial charge on any atom is -0.393 e. The first kappa shape index (κ1) is 50.8. The topological polar surface area (TPSA) is 226 Å². The fourth-order valence-electron chi connectivity index (χ4n) is 6.57. The number of phosphoric acid groups is 1. The summed E-state index contributed by atoms with van der Waals surface area (Å²) in [5, 5.41) is 74.2. The van der Waals surface area contributed by atoms with Crippen molar-refractivity contribution in [2.24, 2.45) is 0 Å². The monoisotopic (exact) mass is 794 g/mol. The molecule has 0 aromatic rings. The summed E-state index contributed by atoms with van der Waals surface area (Å²) in [5.74, 6) is -0.572. The maximum absolute atomic E-state index is 12.9. The quantitative estimate of drug-likeness (QED) is 0.0224. The van der Waals surface area contributed by atoms with Crippen LogP contribution in [0, 0.1) is 0 Å². The van der Waals surface area contributed by atoms with E-state index >= 15 is 0 Å². The van der Waals surface area contributed by atoms with Crippen LogP contribution in [0.4, 0.5) is 0 Å². The van der Waals surface area contributed by atoms with Crippen molar-refractivity contribution < 1.29 is 59.0 Å². The van der Waals surface area contributed by atoms with E-state index in [1.807, 2.05) is 0 Å². The van der Waals surface area contributed by atoms with Crippen molar-refractivity contribution >= 4 is 13.7 Å². The lowest BCUT2D eigenvalue weighted by Crippen LogP contribution is -2.64. The molecular formula is C40H76NO12P. The van der Waals surface area contributed by atoms with Crippen molar-refractivity contribution in [3.63, 3.8) is 0 Å². The molecule has 0 bridgehead atoms. The summed E-state index contributed by atoms with van der Waals surface area (Å²) >= 11 is 0. The molecule has 1 fully saturated rings. The number of hydrogen-bond acceptors (Lipinski definition) is 11. The largest absolute Gasteiger partial charge is 0.472 e. The van der Waals surface area contributed by atoms with Crippen LogP contribution < -0.4 is 5.32 Å². The number of rotatable bonds is 33. The van der Waals surface area contributed by atoms with Crippen molar-refractivity contribution in [2.75, 3.05) is 6.61 Å². The third-order valence-corrected chi connectivity index (χ3v) is 11.1. The molecule has 0 aromatic heterocycles. The van der Waals surface area contributed by atoms with Gasteiger partial charge >= 0.3 is 7.82 Å². The highest BCUT2D eigenvalue weighted by atomic mass is 31.2. The standard InChI is InChI=1S/C40H76NO12P/c1-3-5-7-9-11-13-14-15-16-17-18-20-21-23-25-27-31(42)29-34(44)41-32(33(43)28-26-24-22-19-12-10-8-6-4-2)30-52-54(50,51)53-40-38(48)36(46)35(45)37(47)39(40)49/h11,13,15-16,31-33,35-40,42-43,45-49H,3-10,12,14,17-30H2,1-2H3,(H,41,44)(H,50,51)/b13-11-,16-15-. The Labute approximate surface area is 324 Å². The SMILES string of the molecule is CCCCC/C=C\C/C=C\CCCCCCCC(O)CC(=O)NC(COP(=O)(O)OC1C(O)C(O)C(O)C(O)C1O)C(O)CCCCCCCCCCC. The van der Waals surface area contributed by atoms with Crippen LogP contribution in [0.1, 0.15) is 162 Å². The first-order valence-corrected chi connectivity index (χ1v) is 22.4. The number of hydrogen-bond donors (Lipinski definition) is 9. The maximum Gasteiger partial charge on any atom is 0.472 e. The van der Waals surface area contributed by atoms with Gasteiger partial charge in [0.15, 0.2) is 0 Å². The predicted octanol–water partition coefficient (Wildman–Crippen LogP) is 5.64. The van der Waals surface area contributed by atoms with Crippen molar-refractivity contribution in [1.82, 2.24) is 5.32 Å². The molecule has 8 unspecified atom stereocenters. The molecule has 0 saturated heterocycles. The fourth-order valence-corrected chi connectivity index (χ4v) is 7.53. The Kier molecular flexibility index (Phi) is 29.0. The zero-order valence-corrected chi connectivity index (χ0v) is 34.0. The van der Waals surface area contributed by atoms with E-state index < -0.39 is 75.2 Å². The second-order valence-electron chi connectivity index (χ2n) is 15.0. The van der Waals surface area contributed by atoms with Crippen LogP contribution in [-0.4, -0.2) is 108 Å². The lowest BCUT2D eigenvalue weighted by atomic mass is 9.85. The van der Waals surface area contributed by atoms with Gasteiger partial charge in [-0.15, -0.1) is 0 Å². The summed E-state index contributed by atoms with van der Waals surface area (Å²) in [4.78, 5) is 23.3. The molecule has 8 atom stereocenters. The van der Waals surface area contributed by atoms with Gasteiger partial charge in [-0.2, -0.15) is 0 Å². The fraction of sp³-hybridized carbons (Fsp3) is 0.875. The predicted molar refractivity (Wildman–Crippen MR) is 210 cm³/mol. The lowest BCUT2D eigenvalue weighted by molar-refractivity contribution is -0.220. The van der Waals surface area contributed by atoms with Gasteiger partial charge in [0.05, 0.1) is 31.3 Å². The molecule has 0 radical (unpaired) electrons. The summed E-state index contributed by atoms with van der Waals surface area (Å²) in [5.41, 5.74) is 0. The van der Waals surface area contributed by atoms with Crippen LogP contribution in [0.5, 0.6) is 0 Å². The van der Waals surface area contributed by atoms with Gasteiger partial charge in [-0.1, -0.05) is 134 Å². The maximum atomic E-state index is 12.9. The van der Waals surface area contributed by atoms with Crippen molar-refractivity contribution in [1.29, 1.82) is 0 Å². The third kappa shape index (κ3) is 23.1. The van der Waals surface area contributed by atoms with Crippen LogP contribution in [-0.2, 0) is 18.4 Å². The van der Waals surface area contributed by atoms with Crippen LogP contribution in [0.15, 0.2) is 24.3 Å². The molecule has 1 rings (SSSR count). The number of aliphatic hydroxyl groups is 7. The summed E-state index contributed by atoms with van der Waals surface area (Å²) < 4.78 is 22.8. The van der Waals surface area contributed by atoms with E-state index in [9.17, 15) is 50.0 Å². The Bertz CT molecular complexity index is 1030. The molecule has 14 heteroatoms. The van der Waals surface area contributed by atoms with Crippen molar-refractivity contribution in [2.45, 2.75) is 216 Å².